The number of hydrogen-bond donors (Lipinski definition) is 3. The average molecular weight is 592 g/mol. The summed E-state index contributed by atoms with van der Waals surface area (Å²) in [6, 6.07) is 11.2. The van der Waals surface area contributed by atoms with Crippen LogP contribution in [0.3, 0.4) is 0 Å². The van der Waals surface area contributed by atoms with E-state index in [1.165, 1.54) is 18.2 Å². The molecule has 3 aromatic heterocycles. The fraction of sp³-hybridized carbons (Fsp3) is 0.355. The number of halogens is 2. The number of hydrogen-bond acceptors (Lipinski definition) is 6. The molecule has 9 nitrogen and oxygen atoms in total. The van der Waals surface area contributed by atoms with Gasteiger partial charge in [0.2, 0.25) is 5.91 Å². The normalized spacial score (nSPS) is 16.3. The molecule has 4 N–H and O–H groups in total. The number of nitrogens with zero attached hydrogens (tertiary/aromatic N) is 3. The quantitative estimate of drug-likeness (QED) is 0.235. The molecule has 2 aliphatic rings. The number of amides is 2. The molecule has 0 aliphatic heterocycles. The SMILES string of the molecule is CCOc1c(CC(N)=O)cc([C@@](O)(CNC(=O)c2ccn3nc(C4CC4)cc3c2)C2CC2)nc1-c1ccc(F)c(Cl)c1. The Hall–Kier alpha value is -4.02. The molecule has 3 heterocycles. The molecule has 2 amide bonds. The predicted molar refractivity (Wildman–Crippen MR) is 155 cm³/mol. The van der Waals surface area contributed by atoms with Crippen LogP contribution in [0.2, 0.25) is 5.02 Å². The third kappa shape index (κ3) is 5.56. The lowest BCUT2D eigenvalue weighted by Crippen LogP contribution is -2.43. The zero-order chi connectivity index (χ0) is 29.6. The van der Waals surface area contributed by atoms with Gasteiger partial charge in [-0.25, -0.2) is 13.9 Å². The van der Waals surface area contributed by atoms with Gasteiger partial charge in [-0.15, -0.1) is 0 Å². The van der Waals surface area contributed by atoms with Crippen molar-refractivity contribution in [2.75, 3.05) is 13.2 Å². The van der Waals surface area contributed by atoms with Gasteiger partial charge >= 0.3 is 0 Å². The van der Waals surface area contributed by atoms with Crippen molar-refractivity contribution in [1.82, 2.24) is 19.9 Å². The van der Waals surface area contributed by atoms with Crippen LogP contribution in [0.4, 0.5) is 4.39 Å². The zero-order valence-corrected chi connectivity index (χ0v) is 23.8. The summed E-state index contributed by atoms with van der Waals surface area (Å²) < 4.78 is 21.7. The highest BCUT2D eigenvalue weighted by Crippen LogP contribution is 2.47. The van der Waals surface area contributed by atoms with Crippen molar-refractivity contribution in [2.45, 2.75) is 50.5 Å². The topological polar surface area (TPSA) is 132 Å². The Morgan fingerprint density at radius 3 is 2.64 bits per heavy atom. The summed E-state index contributed by atoms with van der Waals surface area (Å²) >= 11 is 6.09. The van der Waals surface area contributed by atoms with Crippen molar-refractivity contribution in [2.24, 2.45) is 11.7 Å². The Bertz CT molecular complexity index is 1700. The number of primary amides is 1. The zero-order valence-electron chi connectivity index (χ0n) is 23.1. The van der Waals surface area contributed by atoms with E-state index in [2.05, 4.69) is 10.4 Å². The third-order valence-corrected chi connectivity index (χ3v) is 8.14. The predicted octanol–water partition coefficient (Wildman–Crippen LogP) is 4.52. The molecule has 1 atom stereocenters. The van der Waals surface area contributed by atoms with Crippen LogP contribution in [0.5, 0.6) is 5.75 Å². The average Bonchev–Trinajstić information content (AvgIpc) is 3.90. The highest BCUT2D eigenvalue weighted by Gasteiger charge is 2.47. The molecular formula is C31H31ClFN5O4. The maximum atomic E-state index is 14.0. The Kier molecular flexibility index (Phi) is 7.36. The van der Waals surface area contributed by atoms with Crippen molar-refractivity contribution in [3.05, 3.63) is 82.0 Å². The van der Waals surface area contributed by atoms with Crippen LogP contribution in [0.25, 0.3) is 16.8 Å². The van der Waals surface area contributed by atoms with Crippen LogP contribution in [-0.4, -0.2) is 44.7 Å². The molecule has 1 aromatic carbocycles. The first-order chi connectivity index (χ1) is 20.2. The number of nitrogens with two attached hydrogens (primary N) is 1. The second kappa shape index (κ2) is 11.0. The first-order valence-corrected chi connectivity index (χ1v) is 14.4. The van der Waals surface area contributed by atoms with Gasteiger partial charge in [-0.1, -0.05) is 11.6 Å². The molecule has 0 spiro atoms. The molecule has 218 valence electrons. The highest BCUT2D eigenvalue weighted by molar-refractivity contribution is 6.31. The van der Waals surface area contributed by atoms with E-state index in [-0.39, 0.29) is 47.8 Å². The van der Waals surface area contributed by atoms with Crippen LogP contribution < -0.4 is 15.8 Å². The number of pyridine rings is 2. The minimum atomic E-state index is -1.55. The molecule has 0 radical (unpaired) electrons. The standard InChI is InChI=1S/C31H31ClFN5O4/c1-2-42-29-20(14-27(34)39)13-26(36-28(29)18-5-8-24(33)23(32)12-18)31(41,21-6-7-21)16-35-30(40)19-9-10-38-22(11-19)15-25(37-38)17-3-4-17/h5,8-13,15,17,21,41H,2-4,6-7,14,16H2,1H3,(H2,34,39)(H,35,40)/t31-/m1/s1. The van der Waals surface area contributed by atoms with Gasteiger partial charge in [-0.3, -0.25) is 9.59 Å². The van der Waals surface area contributed by atoms with E-state index >= 15 is 0 Å². The van der Waals surface area contributed by atoms with E-state index in [1.807, 2.05) is 6.07 Å². The van der Waals surface area contributed by atoms with E-state index in [4.69, 9.17) is 27.1 Å². The first kappa shape index (κ1) is 28.1. The lowest BCUT2D eigenvalue weighted by atomic mass is 9.90. The van der Waals surface area contributed by atoms with Crippen LogP contribution in [0, 0.1) is 11.7 Å². The number of carbonyl (C=O) groups excluding carboxylic acids is 2. The Morgan fingerprint density at radius 1 is 1.19 bits per heavy atom. The summed E-state index contributed by atoms with van der Waals surface area (Å²) in [6.07, 6.45) is 5.31. The molecule has 42 heavy (non-hydrogen) atoms. The van der Waals surface area contributed by atoms with Crippen molar-refractivity contribution in [3.8, 4) is 17.0 Å². The monoisotopic (exact) mass is 591 g/mol. The number of fused-ring (bicyclic) bond motifs is 1. The number of aliphatic hydroxyl groups is 1. The Labute approximate surface area is 246 Å². The summed E-state index contributed by atoms with van der Waals surface area (Å²) in [5.41, 5.74) is 7.72. The molecule has 0 saturated heterocycles. The van der Waals surface area contributed by atoms with E-state index in [9.17, 15) is 19.1 Å². The second-order valence-corrected chi connectivity index (χ2v) is 11.5. The van der Waals surface area contributed by atoms with Crippen molar-refractivity contribution >= 4 is 28.9 Å². The maximum Gasteiger partial charge on any atom is 0.251 e. The third-order valence-electron chi connectivity index (χ3n) is 7.85. The van der Waals surface area contributed by atoms with Gasteiger partial charge in [0, 0.05) is 28.8 Å². The number of aromatic nitrogens is 3. The maximum absolute atomic E-state index is 14.0. The minimum Gasteiger partial charge on any atom is -0.491 e. The molecule has 4 aromatic rings. The Morgan fingerprint density at radius 2 is 1.98 bits per heavy atom. The van der Waals surface area contributed by atoms with Crippen LogP contribution in [0.1, 0.15) is 65.8 Å². The molecular weight excluding hydrogens is 561 g/mol. The van der Waals surface area contributed by atoms with Gasteiger partial charge in [-0.05, 0) is 81.0 Å². The molecule has 0 unspecified atom stereocenters. The summed E-state index contributed by atoms with van der Waals surface area (Å²) in [5.74, 6) is -0.925. The van der Waals surface area contributed by atoms with Crippen molar-refractivity contribution in [3.63, 3.8) is 0 Å². The second-order valence-electron chi connectivity index (χ2n) is 11.1. The molecule has 2 fully saturated rings. The van der Waals surface area contributed by atoms with E-state index in [0.717, 1.165) is 36.9 Å². The van der Waals surface area contributed by atoms with Crippen LogP contribution in [0.15, 0.2) is 48.7 Å². The van der Waals surface area contributed by atoms with Gasteiger partial charge in [0.15, 0.2) is 0 Å². The van der Waals surface area contributed by atoms with Crippen molar-refractivity contribution < 1.29 is 23.8 Å². The summed E-state index contributed by atoms with van der Waals surface area (Å²) in [6.45, 7) is 1.93. The van der Waals surface area contributed by atoms with Gasteiger partial charge in [-0.2, -0.15) is 5.10 Å². The number of rotatable bonds is 11. The minimum absolute atomic E-state index is 0.109. The van der Waals surface area contributed by atoms with Gasteiger partial charge in [0.25, 0.3) is 5.91 Å². The van der Waals surface area contributed by atoms with Gasteiger partial charge < -0.3 is 20.9 Å². The molecule has 0 bridgehead atoms. The van der Waals surface area contributed by atoms with E-state index in [0.29, 0.717) is 28.4 Å². The van der Waals surface area contributed by atoms with Crippen LogP contribution >= 0.6 is 11.6 Å². The van der Waals surface area contributed by atoms with Gasteiger partial charge in [0.1, 0.15) is 22.9 Å². The lowest BCUT2D eigenvalue weighted by Gasteiger charge is -2.30. The first-order valence-electron chi connectivity index (χ1n) is 14.1. The molecule has 6 rings (SSSR count). The number of ether oxygens (including phenoxy) is 1. The summed E-state index contributed by atoms with van der Waals surface area (Å²) in [5, 5.41) is 19.4. The number of nitrogens with one attached hydrogen (secondary N) is 1. The Balaban J connectivity index is 1.35. The van der Waals surface area contributed by atoms with E-state index < -0.39 is 17.3 Å². The number of benzene rings is 1. The highest BCUT2D eigenvalue weighted by atomic mass is 35.5. The van der Waals surface area contributed by atoms with Gasteiger partial charge in [0.05, 0.1) is 41.5 Å². The van der Waals surface area contributed by atoms with Crippen molar-refractivity contribution in [1.29, 1.82) is 0 Å². The summed E-state index contributed by atoms with van der Waals surface area (Å²) in [7, 11) is 0. The summed E-state index contributed by atoms with van der Waals surface area (Å²) in [4.78, 5) is 30.1. The van der Waals surface area contributed by atoms with E-state index in [1.54, 1.807) is 35.8 Å². The fourth-order valence-corrected chi connectivity index (χ4v) is 5.51. The fourth-order valence-electron chi connectivity index (χ4n) is 5.33. The number of carbonyl (C=O) groups is 2. The largest absolute Gasteiger partial charge is 0.491 e. The lowest BCUT2D eigenvalue weighted by molar-refractivity contribution is -0.117. The molecule has 11 heteroatoms. The molecule has 2 aliphatic carbocycles. The van der Waals surface area contributed by atoms with Crippen LogP contribution in [-0.2, 0) is 16.8 Å². The smallest absolute Gasteiger partial charge is 0.251 e. The molecule has 2 saturated carbocycles.